The van der Waals surface area contributed by atoms with Gasteiger partial charge in [-0.3, -0.25) is 4.99 Å². The smallest absolute Gasteiger partial charge is 0.128 e. The summed E-state index contributed by atoms with van der Waals surface area (Å²) in [6, 6.07) is 16.5. The number of ether oxygens (including phenoxy) is 1. The lowest BCUT2D eigenvalue weighted by atomic mass is 10.1. The normalized spacial score (nSPS) is 13.9. The van der Waals surface area contributed by atoms with E-state index >= 15 is 0 Å². The van der Waals surface area contributed by atoms with Crippen LogP contribution in [0.15, 0.2) is 58.0 Å². The summed E-state index contributed by atoms with van der Waals surface area (Å²) >= 11 is 3.43. The molecule has 0 amide bonds. The molecule has 3 nitrogen and oxygen atoms in total. The van der Waals surface area contributed by atoms with Gasteiger partial charge in [0.1, 0.15) is 5.84 Å². The van der Waals surface area contributed by atoms with E-state index in [0.717, 1.165) is 29.0 Å². The topological polar surface area (TPSA) is 33.6 Å². The lowest BCUT2D eigenvalue weighted by molar-refractivity contribution is 0.107. The van der Waals surface area contributed by atoms with E-state index in [2.05, 4.69) is 62.6 Å². The molecule has 0 saturated carbocycles. The molecular formula is C17H17BrN2O. The summed E-state index contributed by atoms with van der Waals surface area (Å²) < 4.78 is 6.87. The largest absolute Gasteiger partial charge is 0.372 e. The maximum Gasteiger partial charge on any atom is 0.128 e. The molecule has 0 atom stereocenters. The molecule has 0 radical (unpaired) electrons. The van der Waals surface area contributed by atoms with E-state index in [9.17, 15) is 0 Å². The predicted molar refractivity (Wildman–Crippen MR) is 88.5 cm³/mol. The van der Waals surface area contributed by atoms with Crippen LogP contribution in [-0.2, 0) is 18.0 Å². The van der Waals surface area contributed by atoms with Crippen LogP contribution in [0.5, 0.6) is 0 Å². The van der Waals surface area contributed by atoms with Crippen LogP contribution in [0.3, 0.4) is 0 Å². The molecule has 21 heavy (non-hydrogen) atoms. The Kier molecular flexibility index (Phi) is 4.68. The molecule has 1 aliphatic heterocycles. The van der Waals surface area contributed by atoms with Crippen molar-refractivity contribution in [3.8, 4) is 0 Å². The summed E-state index contributed by atoms with van der Waals surface area (Å²) in [5.74, 6) is 0.991. The van der Waals surface area contributed by atoms with Crippen LogP contribution in [0, 0.1) is 0 Å². The van der Waals surface area contributed by atoms with Crippen molar-refractivity contribution < 1.29 is 4.74 Å². The van der Waals surface area contributed by atoms with Gasteiger partial charge in [-0.15, -0.1) is 0 Å². The van der Waals surface area contributed by atoms with Crippen molar-refractivity contribution in [2.75, 3.05) is 13.1 Å². The fourth-order valence-corrected chi connectivity index (χ4v) is 2.53. The number of halogens is 1. The molecule has 1 aliphatic rings. The second kappa shape index (κ2) is 6.87. The van der Waals surface area contributed by atoms with Crippen molar-refractivity contribution >= 4 is 21.8 Å². The zero-order chi connectivity index (χ0) is 14.5. The van der Waals surface area contributed by atoms with Crippen LogP contribution in [0.2, 0.25) is 0 Å². The number of nitrogens with zero attached hydrogens (tertiary/aromatic N) is 1. The van der Waals surface area contributed by atoms with Crippen LogP contribution >= 0.6 is 15.9 Å². The van der Waals surface area contributed by atoms with E-state index in [1.54, 1.807) is 0 Å². The summed E-state index contributed by atoms with van der Waals surface area (Å²) in [6.07, 6.45) is 0. The molecule has 0 bridgehead atoms. The molecule has 4 heteroatoms. The molecule has 1 heterocycles. The molecule has 2 aromatic rings. The lowest BCUT2D eigenvalue weighted by Gasteiger charge is -2.07. The molecule has 2 aromatic carbocycles. The van der Waals surface area contributed by atoms with Gasteiger partial charge >= 0.3 is 0 Å². The highest BCUT2D eigenvalue weighted by atomic mass is 79.9. The molecular weight excluding hydrogens is 328 g/mol. The van der Waals surface area contributed by atoms with Gasteiger partial charge < -0.3 is 10.1 Å². The van der Waals surface area contributed by atoms with Crippen LogP contribution in [0.4, 0.5) is 0 Å². The van der Waals surface area contributed by atoms with Crippen LogP contribution in [-0.4, -0.2) is 18.9 Å². The van der Waals surface area contributed by atoms with Gasteiger partial charge in [-0.2, -0.15) is 0 Å². The summed E-state index contributed by atoms with van der Waals surface area (Å²) in [7, 11) is 0. The number of nitrogens with one attached hydrogen (secondary N) is 1. The Labute approximate surface area is 133 Å². The van der Waals surface area contributed by atoms with E-state index in [4.69, 9.17) is 4.74 Å². The summed E-state index contributed by atoms with van der Waals surface area (Å²) in [5, 5.41) is 3.29. The predicted octanol–water partition coefficient (Wildman–Crippen LogP) is 3.52. The Morgan fingerprint density at radius 3 is 2.62 bits per heavy atom. The average Bonchev–Trinajstić information content (AvgIpc) is 3.04. The Hall–Kier alpha value is -1.65. The third-order valence-electron chi connectivity index (χ3n) is 3.33. The molecule has 0 saturated heterocycles. The third kappa shape index (κ3) is 3.93. The summed E-state index contributed by atoms with van der Waals surface area (Å²) in [4.78, 5) is 4.44. The SMILES string of the molecule is Brc1ccc(COCc2cccc(C3=NCCN3)c2)cc1. The Bertz CT molecular complexity index is 637. The van der Waals surface area contributed by atoms with Gasteiger partial charge in [0.05, 0.1) is 19.8 Å². The monoisotopic (exact) mass is 344 g/mol. The molecule has 0 spiro atoms. The van der Waals surface area contributed by atoms with Crippen molar-refractivity contribution in [3.63, 3.8) is 0 Å². The first-order valence-corrected chi connectivity index (χ1v) is 7.80. The average molecular weight is 345 g/mol. The van der Waals surface area contributed by atoms with Crippen LogP contribution in [0.1, 0.15) is 16.7 Å². The van der Waals surface area contributed by atoms with Gasteiger partial charge in [0.2, 0.25) is 0 Å². The minimum Gasteiger partial charge on any atom is -0.372 e. The highest BCUT2D eigenvalue weighted by molar-refractivity contribution is 9.10. The van der Waals surface area contributed by atoms with Crippen LogP contribution in [0.25, 0.3) is 0 Å². The fraction of sp³-hybridized carbons (Fsp3) is 0.235. The first kappa shape index (κ1) is 14.3. The Balaban J connectivity index is 1.57. The standard InChI is InChI=1S/C17H17BrN2O/c18-16-6-4-13(5-7-16)11-21-12-14-2-1-3-15(10-14)17-19-8-9-20-17/h1-7,10H,8-9,11-12H2,(H,19,20). The molecule has 0 aromatic heterocycles. The van der Waals surface area contributed by atoms with E-state index in [0.29, 0.717) is 13.2 Å². The van der Waals surface area contributed by atoms with Gasteiger partial charge in [-0.1, -0.05) is 46.3 Å². The van der Waals surface area contributed by atoms with Crippen LogP contribution < -0.4 is 5.32 Å². The van der Waals surface area contributed by atoms with Crippen molar-refractivity contribution in [2.24, 2.45) is 4.99 Å². The van der Waals surface area contributed by atoms with E-state index in [1.165, 1.54) is 11.1 Å². The maximum absolute atomic E-state index is 5.79. The molecule has 0 fully saturated rings. The molecule has 0 aliphatic carbocycles. The zero-order valence-corrected chi connectivity index (χ0v) is 13.3. The Morgan fingerprint density at radius 2 is 1.86 bits per heavy atom. The van der Waals surface area contributed by atoms with Crippen molar-refractivity contribution in [2.45, 2.75) is 13.2 Å². The molecule has 1 N–H and O–H groups in total. The van der Waals surface area contributed by atoms with Gasteiger partial charge in [-0.25, -0.2) is 0 Å². The highest BCUT2D eigenvalue weighted by Gasteiger charge is 2.08. The Morgan fingerprint density at radius 1 is 1.05 bits per heavy atom. The second-order valence-electron chi connectivity index (χ2n) is 4.98. The second-order valence-corrected chi connectivity index (χ2v) is 5.89. The molecule has 108 valence electrons. The van der Waals surface area contributed by atoms with Gasteiger partial charge in [0.15, 0.2) is 0 Å². The zero-order valence-electron chi connectivity index (χ0n) is 11.7. The minimum atomic E-state index is 0.608. The quantitative estimate of drug-likeness (QED) is 0.900. The number of hydrogen-bond acceptors (Lipinski definition) is 3. The molecule has 3 rings (SSSR count). The lowest BCUT2D eigenvalue weighted by Crippen LogP contribution is -2.19. The van der Waals surface area contributed by atoms with Gasteiger partial charge in [0.25, 0.3) is 0 Å². The third-order valence-corrected chi connectivity index (χ3v) is 3.85. The first-order valence-electron chi connectivity index (χ1n) is 7.01. The number of amidine groups is 1. The summed E-state index contributed by atoms with van der Waals surface area (Å²) in [6.45, 7) is 3.02. The molecule has 0 unspecified atom stereocenters. The first-order chi connectivity index (χ1) is 10.3. The van der Waals surface area contributed by atoms with Crippen molar-refractivity contribution in [3.05, 3.63) is 69.7 Å². The van der Waals surface area contributed by atoms with E-state index < -0.39 is 0 Å². The number of benzene rings is 2. The van der Waals surface area contributed by atoms with Crippen molar-refractivity contribution in [1.82, 2.24) is 5.32 Å². The van der Waals surface area contributed by atoms with Gasteiger partial charge in [0, 0.05) is 16.6 Å². The van der Waals surface area contributed by atoms with Gasteiger partial charge in [-0.05, 0) is 29.3 Å². The van der Waals surface area contributed by atoms with Crippen molar-refractivity contribution in [1.29, 1.82) is 0 Å². The number of rotatable bonds is 5. The van der Waals surface area contributed by atoms with E-state index in [1.807, 2.05) is 12.1 Å². The fourth-order valence-electron chi connectivity index (χ4n) is 2.27. The number of hydrogen-bond donors (Lipinski definition) is 1. The maximum atomic E-state index is 5.79. The highest BCUT2D eigenvalue weighted by Crippen LogP contribution is 2.13. The summed E-state index contributed by atoms with van der Waals surface area (Å²) in [5.41, 5.74) is 3.48. The number of aliphatic imine (C=N–C) groups is 1. The van der Waals surface area contributed by atoms with E-state index in [-0.39, 0.29) is 0 Å². The minimum absolute atomic E-state index is 0.608.